The number of esters is 1. The standard InChI is InChI=1S/C19H16N4O4/c1-9-10(2)22-15-7-12(5-6-14(15)21-9)17(24)23-18-13(8-20)16(11(3)27-18)19(25)26-4/h5-7H,1-4H3,(H,23,24). The molecule has 2 heterocycles. The number of nitrogens with one attached hydrogen (secondary N) is 1. The second-order valence-corrected chi connectivity index (χ2v) is 5.89. The molecule has 3 rings (SSSR count). The van der Waals surface area contributed by atoms with Crippen molar-refractivity contribution in [3.63, 3.8) is 0 Å². The summed E-state index contributed by atoms with van der Waals surface area (Å²) in [7, 11) is 1.20. The summed E-state index contributed by atoms with van der Waals surface area (Å²) >= 11 is 0. The van der Waals surface area contributed by atoms with Crippen molar-refractivity contribution >= 4 is 28.8 Å². The quantitative estimate of drug-likeness (QED) is 0.709. The normalized spacial score (nSPS) is 10.5. The largest absolute Gasteiger partial charge is 0.465 e. The molecule has 0 bridgehead atoms. The molecule has 0 aliphatic heterocycles. The first-order valence-corrected chi connectivity index (χ1v) is 8.03. The smallest absolute Gasteiger partial charge is 0.342 e. The van der Waals surface area contributed by atoms with Gasteiger partial charge in [-0.15, -0.1) is 0 Å². The van der Waals surface area contributed by atoms with Gasteiger partial charge in [0.25, 0.3) is 5.91 Å². The predicted octanol–water partition coefficient (Wildman–Crippen LogP) is 3.06. The van der Waals surface area contributed by atoms with Crippen molar-refractivity contribution in [1.29, 1.82) is 5.26 Å². The van der Waals surface area contributed by atoms with Crippen LogP contribution in [0.5, 0.6) is 0 Å². The molecule has 0 saturated heterocycles. The lowest BCUT2D eigenvalue weighted by Crippen LogP contribution is -2.13. The fourth-order valence-electron chi connectivity index (χ4n) is 2.63. The zero-order valence-electron chi connectivity index (χ0n) is 15.2. The number of aryl methyl sites for hydroxylation is 3. The number of hydrogen-bond acceptors (Lipinski definition) is 7. The van der Waals surface area contributed by atoms with Crippen molar-refractivity contribution in [3.8, 4) is 6.07 Å². The highest BCUT2D eigenvalue weighted by molar-refractivity contribution is 6.07. The molecule has 0 atom stereocenters. The maximum absolute atomic E-state index is 12.6. The van der Waals surface area contributed by atoms with Gasteiger partial charge in [-0.2, -0.15) is 5.26 Å². The molecule has 8 heteroatoms. The number of amides is 1. The van der Waals surface area contributed by atoms with Crippen LogP contribution in [0.2, 0.25) is 0 Å². The van der Waals surface area contributed by atoms with Gasteiger partial charge in [0.2, 0.25) is 5.88 Å². The molecule has 0 fully saturated rings. The van der Waals surface area contributed by atoms with Gasteiger partial charge >= 0.3 is 5.97 Å². The van der Waals surface area contributed by atoms with Crippen molar-refractivity contribution in [1.82, 2.24) is 9.97 Å². The number of hydrogen-bond donors (Lipinski definition) is 1. The average molecular weight is 364 g/mol. The van der Waals surface area contributed by atoms with Crippen molar-refractivity contribution in [2.24, 2.45) is 0 Å². The van der Waals surface area contributed by atoms with Gasteiger partial charge in [-0.3, -0.25) is 10.1 Å². The Balaban J connectivity index is 1.96. The van der Waals surface area contributed by atoms with Crippen molar-refractivity contribution in [2.45, 2.75) is 20.8 Å². The maximum atomic E-state index is 12.6. The van der Waals surface area contributed by atoms with Crippen LogP contribution in [-0.4, -0.2) is 29.0 Å². The van der Waals surface area contributed by atoms with Gasteiger partial charge in [0.05, 0.1) is 29.5 Å². The van der Waals surface area contributed by atoms with Crippen LogP contribution in [0.4, 0.5) is 5.88 Å². The number of ether oxygens (including phenoxy) is 1. The van der Waals surface area contributed by atoms with Crippen LogP contribution in [0, 0.1) is 32.1 Å². The van der Waals surface area contributed by atoms with E-state index >= 15 is 0 Å². The molecule has 0 saturated carbocycles. The molecule has 0 unspecified atom stereocenters. The monoisotopic (exact) mass is 364 g/mol. The van der Waals surface area contributed by atoms with E-state index in [4.69, 9.17) is 4.42 Å². The third-order valence-corrected chi connectivity index (χ3v) is 4.15. The molecule has 1 N–H and O–H groups in total. The Labute approximate surface area is 154 Å². The molecule has 2 aromatic heterocycles. The van der Waals surface area contributed by atoms with Crippen LogP contribution in [-0.2, 0) is 4.74 Å². The minimum Gasteiger partial charge on any atom is -0.465 e. The van der Waals surface area contributed by atoms with E-state index in [1.54, 1.807) is 18.2 Å². The van der Waals surface area contributed by atoms with Crippen LogP contribution in [0.15, 0.2) is 22.6 Å². The summed E-state index contributed by atoms with van der Waals surface area (Å²) in [4.78, 5) is 33.3. The van der Waals surface area contributed by atoms with E-state index in [1.165, 1.54) is 14.0 Å². The molecule has 27 heavy (non-hydrogen) atoms. The molecule has 0 radical (unpaired) electrons. The zero-order chi connectivity index (χ0) is 19.7. The fraction of sp³-hybridized carbons (Fsp3) is 0.211. The molecular weight excluding hydrogens is 348 g/mol. The number of aromatic nitrogens is 2. The summed E-state index contributed by atoms with van der Waals surface area (Å²) in [6.07, 6.45) is 0. The highest BCUT2D eigenvalue weighted by atomic mass is 16.5. The van der Waals surface area contributed by atoms with Gasteiger partial charge in [0.15, 0.2) is 0 Å². The maximum Gasteiger partial charge on any atom is 0.342 e. The first kappa shape index (κ1) is 18.1. The van der Waals surface area contributed by atoms with E-state index in [-0.39, 0.29) is 22.8 Å². The van der Waals surface area contributed by atoms with Gasteiger partial charge in [-0.1, -0.05) is 0 Å². The Morgan fingerprint density at radius 2 is 1.81 bits per heavy atom. The van der Waals surface area contributed by atoms with Crippen molar-refractivity contribution in [2.75, 3.05) is 12.4 Å². The summed E-state index contributed by atoms with van der Waals surface area (Å²) in [5.74, 6) is -1.13. The highest BCUT2D eigenvalue weighted by Crippen LogP contribution is 2.27. The lowest BCUT2D eigenvalue weighted by molar-refractivity contribution is 0.0598. The summed E-state index contributed by atoms with van der Waals surface area (Å²) < 4.78 is 10.0. The Morgan fingerprint density at radius 3 is 2.44 bits per heavy atom. The molecule has 136 valence electrons. The van der Waals surface area contributed by atoms with Crippen LogP contribution in [0.3, 0.4) is 0 Å². The average Bonchev–Trinajstić information content (AvgIpc) is 2.96. The van der Waals surface area contributed by atoms with Crippen LogP contribution in [0.1, 0.15) is 43.4 Å². The van der Waals surface area contributed by atoms with Gasteiger partial charge in [0.1, 0.15) is 23.0 Å². The molecule has 8 nitrogen and oxygen atoms in total. The number of carbonyl (C=O) groups excluding carboxylic acids is 2. The van der Waals surface area contributed by atoms with Crippen molar-refractivity contribution in [3.05, 3.63) is 52.0 Å². The zero-order valence-corrected chi connectivity index (χ0v) is 15.2. The van der Waals surface area contributed by atoms with E-state index in [0.717, 1.165) is 11.4 Å². The Bertz CT molecular complexity index is 1120. The molecule has 0 aliphatic rings. The lowest BCUT2D eigenvalue weighted by atomic mass is 10.1. The first-order chi connectivity index (χ1) is 12.8. The predicted molar refractivity (Wildman–Crippen MR) is 96.5 cm³/mol. The molecule has 1 amide bonds. The van der Waals surface area contributed by atoms with Crippen molar-refractivity contribution < 1.29 is 18.7 Å². The number of rotatable bonds is 3. The van der Waals surface area contributed by atoms with E-state index in [2.05, 4.69) is 20.0 Å². The van der Waals surface area contributed by atoms with Crippen LogP contribution in [0.25, 0.3) is 11.0 Å². The summed E-state index contributed by atoms with van der Waals surface area (Å²) in [5, 5.41) is 11.9. The van der Waals surface area contributed by atoms with Crippen LogP contribution >= 0.6 is 0 Å². The number of anilines is 1. The minimum atomic E-state index is -0.708. The molecular formula is C19H16N4O4. The topological polar surface area (TPSA) is 118 Å². The van der Waals surface area contributed by atoms with E-state index in [9.17, 15) is 14.9 Å². The third-order valence-electron chi connectivity index (χ3n) is 4.15. The number of fused-ring (bicyclic) bond motifs is 1. The SMILES string of the molecule is COC(=O)c1c(C)oc(NC(=O)c2ccc3nc(C)c(C)nc3c2)c1C#N. The number of nitrogens with zero attached hydrogens (tertiary/aromatic N) is 3. The number of carbonyl (C=O) groups is 2. The number of benzene rings is 1. The second-order valence-electron chi connectivity index (χ2n) is 5.89. The van der Waals surface area contributed by atoms with Gasteiger partial charge in [-0.25, -0.2) is 14.8 Å². The first-order valence-electron chi connectivity index (χ1n) is 8.03. The lowest BCUT2D eigenvalue weighted by Gasteiger charge is -2.06. The Hall–Kier alpha value is -3.73. The van der Waals surface area contributed by atoms with E-state index < -0.39 is 11.9 Å². The Kier molecular flexibility index (Phi) is 4.60. The van der Waals surface area contributed by atoms with E-state index in [1.807, 2.05) is 19.9 Å². The molecule has 1 aromatic carbocycles. The minimum absolute atomic E-state index is 0.00854. The molecule has 0 spiro atoms. The number of methoxy groups -OCH3 is 1. The summed E-state index contributed by atoms with van der Waals surface area (Å²) in [6.45, 7) is 5.22. The fourth-order valence-corrected chi connectivity index (χ4v) is 2.63. The van der Waals surface area contributed by atoms with E-state index in [0.29, 0.717) is 16.6 Å². The number of furan rings is 1. The van der Waals surface area contributed by atoms with Crippen LogP contribution < -0.4 is 5.32 Å². The summed E-state index contributed by atoms with van der Waals surface area (Å²) in [5.41, 5.74) is 3.07. The van der Waals surface area contributed by atoms with Gasteiger partial charge in [0, 0.05) is 5.56 Å². The second kappa shape index (κ2) is 6.88. The Morgan fingerprint density at radius 1 is 1.15 bits per heavy atom. The molecule has 0 aliphatic carbocycles. The third kappa shape index (κ3) is 3.22. The highest BCUT2D eigenvalue weighted by Gasteiger charge is 2.25. The number of nitriles is 1. The van der Waals surface area contributed by atoms with Gasteiger partial charge < -0.3 is 9.15 Å². The summed E-state index contributed by atoms with van der Waals surface area (Å²) in [6, 6.07) is 6.77. The van der Waals surface area contributed by atoms with Gasteiger partial charge in [-0.05, 0) is 39.0 Å². The molecule has 3 aromatic rings.